The van der Waals surface area contributed by atoms with Gasteiger partial charge in [0, 0.05) is 12.5 Å². The van der Waals surface area contributed by atoms with Crippen molar-refractivity contribution in [2.45, 2.75) is 13.3 Å². The van der Waals surface area contributed by atoms with Gasteiger partial charge < -0.3 is 5.21 Å². The van der Waals surface area contributed by atoms with E-state index in [1.165, 1.54) is 12.1 Å². The zero-order chi connectivity index (χ0) is 9.84. The number of benzene rings is 1. The molecule has 13 heavy (non-hydrogen) atoms. The molecule has 0 bridgehead atoms. The molecule has 70 valence electrons. The van der Waals surface area contributed by atoms with Gasteiger partial charge in [-0.15, -0.1) is 0 Å². The molecule has 1 rings (SSSR count). The summed E-state index contributed by atoms with van der Waals surface area (Å²) in [6.07, 6.45) is 0.241. The first-order valence-electron chi connectivity index (χ1n) is 3.74. The first kappa shape index (κ1) is 9.64. The predicted octanol–water partition coefficient (Wildman–Crippen LogP) is 2.36. The molecule has 0 amide bonds. The lowest BCUT2D eigenvalue weighted by atomic mass is 10.1. The standard InChI is InChI=1S/C9H9F2NO/c1-6(12-13)2-7-3-8(10)5-9(11)4-7/h3-5,13H,2H2,1H3/b12-6+. The zero-order valence-corrected chi connectivity index (χ0v) is 7.09. The molecule has 0 unspecified atom stereocenters. The van der Waals surface area contributed by atoms with Gasteiger partial charge in [-0.25, -0.2) is 8.78 Å². The van der Waals surface area contributed by atoms with Crippen LogP contribution in [0.5, 0.6) is 0 Å². The van der Waals surface area contributed by atoms with Gasteiger partial charge in [0.15, 0.2) is 0 Å². The van der Waals surface area contributed by atoms with Crippen molar-refractivity contribution in [3.63, 3.8) is 0 Å². The van der Waals surface area contributed by atoms with Crippen molar-refractivity contribution in [2.75, 3.05) is 0 Å². The van der Waals surface area contributed by atoms with Crippen LogP contribution < -0.4 is 0 Å². The molecule has 0 saturated heterocycles. The summed E-state index contributed by atoms with van der Waals surface area (Å²) >= 11 is 0. The van der Waals surface area contributed by atoms with Crippen LogP contribution in [-0.4, -0.2) is 10.9 Å². The Morgan fingerprint density at radius 1 is 1.31 bits per heavy atom. The van der Waals surface area contributed by atoms with Crippen molar-refractivity contribution in [3.8, 4) is 0 Å². The van der Waals surface area contributed by atoms with Gasteiger partial charge in [-0.1, -0.05) is 5.16 Å². The largest absolute Gasteiger partial charge is 0.411 e. The van der Waals surface area contributed by atoms with E-state index in [4.69, 9.17) is 5.21 Å². The minimum atomic E-state index is -0.624. The number of oxime groups is 1. The van der Waals surface area contributed by atoms with E-state index < -0.39 is 11.6 Å². The Hall–Kier alpha value is -1.45. The van der Waals surface area contributed by atoms with Crippen molar-refractivity contribution >= 4 is 5.71 Å². The monoisotopic (exact) mass is 185 g/mol. The fraction of sp³-hybridized carbons (Fsp3) is 0.222. The highest BCUT2D eigenvalue weighted by Gasteiger charge is 2.01. The predicted molar refractivity (Wildman–Crippen MR) is 45.0 cm³/mol. The van der Waals surface area contributed by atoms with Gasteiger partial charge in [-0.05, 0) is 24.6 Å². The van der Waals surface area contributed by atoms with Crippen molar-refractivity contribution < 1.29 is 14.0 Å². The summed E-state index contributed by atoms with van der Waals surface area (Å²) in [5.41, 5.74) is 0.859. The van der Waals surface area contributed by atoms with E-state index in [0.29, 0.717) is 11.3 Å². The van der Waals surface area contributed by atoms with Gasteiger partial charge in [0.2, 0.25) is 0 Å². The molecule has 0 aliphatic carbocycles. The molecule has 1 N–H and O–H groups in total. The normalized spacial score (nSPS) is 11.8. The minimum Gasteiger partial charge on any atom is -0.411 e. The summed E-state index contributed by atoms with van der Waals surface area (Å²) in [7, 11) is 0. The maximum Gasteiger partial charge on any atom is 0.126 e. The van der Waals surface area contributed by atoms with Crippen molar-refractivity contribution in [1.29, 1.82) is 0 Å². The molecule has 0 aromatic heterocycles. The number of halogens is 2. The first-order chi connectivity index (χ1) is 6.11. The summed E-state index contributed by atoms with van der Waals surface area (Å²) < 4.78 is 25.3. The molecule has 0 saturated carbocycles. The summed E-state index contributed by atoms with van der Waals surface area (Å²) in [5.74, 6) is -1.25. The van der Waals surface area contributed by atoms with E-state index >= 15 is 0 Å². The Labute approximate surface area is 74.5 Å². The summed E-state index contributed by atoms with van der Waals surface area (Å²) in [5, 5.41) is 11.3. The van der Waals surface area contributed by atoms with Gasteiger partial charge in [-0.3, -0.25) is 0 Å². The van der Waals surface area contributed by atoms with Crippen LogP contribution >= 0.6 is 0 Å². The average Bonchev–Trinajstić information content (AvgIpc) is 2.02. The highest BCUT2D eigenvalue weighted by molar-refractivity contribution is 5.83. The van der Waals surface area contributed by atoms with Crippen LogP contribution in [0.15, 0.2) is 23.4 Å². The van der Waals surface area contributed by atoms with Crippen molar-refractivity contribution in [2.24, 2.45) is 5.16 Å². The highest BCUT2D eigenvalue weighted by atomic mass is 19.1. The fourth-order valence-electron chi connectivity index (χ4n) is 1.04. The number of hydrogen-bond donors (Lipinski definition) is 1. The van der Waals surface area contributed by atoms with E-state index in [0.717, 1.165) is 6.07 Å². The van der Waals surface area contributed by atoms with Crippen LogP contribution in [0.2, 0.25) is 0 Å². The molecule has 0 spiro atoms. The topological polar surface area (TPSA) is 32.6 Å². The van der Waals surface area contributed by atoms with Crippen LogP contribution in [0.4, 0.5) is 8.78 Å². The van der Waals surface area contributed by atoms with Crippen molar-refractivity contribution in [3.05, 3.63) is 35.4 Å². The SMILES string of the molecule is C/C(Cc1cc(F)cc(F)c1)=N\O. The molecule has 0 aliphatic heterocycles. The van der Waals surface area contributed by atoms with Gasteiger partial charge >= 0.3 is 0 Å². The molecule has 0 radical (unpaired) electrons. The molecule has 2 nitrogen and oxygen atoms in total. The molecule has 0 fully saturated rings. The van der Waals surface area contributed by atoms with Crippen molar-refractivity contribution in [1.82, 2.24) is 0 Å². The Morgan fingerprint density at radius 2 is 1.85 bits per heavy atom. The number of nitrogens with zero attached hydrogens (tertiary/aromatic N) is 1. The van der Waals surface area contributed by atoms with Gasteiger partial charge in [0.05, 0.1) is 5.71 Å². The fourth-order valence-corrected chi connectivity index (χ4v) is 1.04. The second-order valence-electron chi connectivity index (χ2n) is 2.79. The lowest BCUT2D eigenvalue weighted by Gasteiger charge is -1.99. The zero-order valence-electron chi connectivity index (χ0n) is 7.09. The average molecular weight is 185 g/mol. The van der Waals surface area contributed by atoms with Gasteiger partial charge in [-0.2, -0.15) is 0 Å². The lowest BCUT2D eigenvalue weighted by molar-refractivity contribution is 0.317. The van der Waals surface area contributed by atoms with Crippen LogP contribution in [0.25, 0.3) is 0 Å². The minimum absolute atomic E-state index is 0.241. The van der Waals surface area contributed by atoms with Crippen LogP contribution in [0.3, 0.4) is 0 Å². The molecule has 0 heterocycles. The Bertz CT molecular complexity index is 316. The van der Waals surface area contributed by atoms with E-state index in [1.54, 1.807) is 6.92 Å². The molecule has 1 aromatic carbocycles. The highest BCUT2D eigenvalue weighted by Crippen LogP contribution is 2.08. The van der Waals surface area contributed by atoms with Crippen LogP contribution in [0, 0.1) is 11.6 Å². The maximum atomic E-state index is 12.6. The van der Waals surface area contributed by atoms with E-state index in [-0.39, 0.29) is 6.42 Å². The molecule has 4 heteroatoms. The Kier molecular flexibility index (Phi) is 2.95. The van der Waals surface area contributed by atoms with E-state index in [1.807, 2.05) is 0 Å². The van der Waals surface area contributed by atoms with E-state index in [2.05, 4.69) is 5.16 Å². The lowest BCUT2D eigenvalue weighted by Crippen LogP contribution is -1.98. The summed E-state index contributed by atoms with van der Waals surface area (Å²) in [4.78, 5) is 0. The molecule has 1 aromatic rings. The van der Waals surface area contributed by atoms with E-state index in [9.17, 15) is 8.78 Å². The Balaban J connectivity index is 2.89. The third-order valence-corrected chi connectivity index (χ3v) is 1.55. The smallest absolute Gasteiger partial charge is 0.126 e. The second-order valence-corrected chi connectivity index (χ2v) is 2.79. The first-order valence-corrected chi connectivity index (χ1v) is 3.74. The number of hydrogen-bond acceptors (Lipinski definition) is 2. The van der Waals surface area contributed by atoms with Gasteiger partial charge in [0.25, 0.3) is 0 Å². The molecular formula is C9H9F2NO. The second kappa shape index (κ2) is 3.98. The third-order valence-electron chi connectivity index (χ3n) is 1.55. The quantitative estimate of drug-likeness (QED) is 0.428. The summed E-state index contributed by atoms with van der Waals surface area (Å²) in [6, 6.07) is 3.21. The molecule has 0 atom stereocenters. The number of rotatable bonds is 2. The third kappa shape index (κ3) is 2.82. The van der Waals surface area contributed by atoms with Gasteiger partial charge in [0.1, 0.15) is 11.6 Å². The maximum absolute atomic E-state index is 12.6. The Morgan fingerprint density at radius 3 is 2.31 bits per heavy atom. The molecule has 0 aliphatic rings. The van der Waals surface area contributed by atoms with Crippen LogP contribution in [0.1, 0.15) is 12.5 Å². The summed E-state index contributed by atoms with van der Waals surface area (Å²) in [6.45, 7) is 1.57. The molecular weight excluding hydrogens is 176 g/mol. The van der Waals surface area contributed by atoms with Crippen LogP contribution in [-0.2, 0) is 6.42 Å².